The number of nitro groups is 1. The number of esters is 1. The van der Waals surface area contributed by atoms with Gasteiger partial charge < -0.3 is 9.47 Å². The van der Waals surface area contributed by atoms with Gasteiger partial charge in [-0.05, 0) is 0 Å². The molecule has 0 bridgehead atoms. The number of hydrogen-bond acceptors (Lipinski definition) is 6. The molecule has 0 radical (unpaired) electrons. The zero-order chi connectivity index (χ0) is 12.3. The second-order valence-corrected chi connectivity index (χ2v) is 2.96. The molecule has 0 aliphatic heterocycles. The fourth-order valence-electron chi connectivity index (χ4n) is 1.02. The summed E-state index contributed by atoms with van der Waals surface area (Å²) >= 11 is 5.57. The van der Waals surface area contributed by atoms with Gasteiger partial charge in [0.1, 0.15) is 0 Å². The van der Waals surface area contributed by atoms with Gasteiger partial charge in [-0.3, -0.25) is 10.1 Å². The summed E-state index contributed by atoms with van der Waals surface area (Å²) in [4.78, 5) is 24.6. The molecule has 0 unspecified atom stereocenters. The maximum Gasteiger partial charge on any atom is 0.356 e. The lowest BCUT2D eigenvalue weighted by molar-refractivity contribution is -0.385. The first-order valence-electron chi connectivity index (χ1n) is 3.98. The van der Waals surface area contributed by atoms with Crippen LogP contribution in [0.15, 0.2) is 6.07 Å². The Morgan fingerprint density at radius 1 is 1.56 bits per heavy atom. The van der Waals surface area contributed by atoms with Gasteiger partial charge in [0.15, 0.2) is 5.69 Å². The number of methoxy groups -OCH3 is 2. The highest BCUT2D eigenvalue weighted by atomic mass is 35.5. The number of pyridine rings is 1. The molecule has 86 valence electrons. The van der Waals surface area contributed by atoms with Crippen molar-refractivity contribution in [3.8, 4) is 5.75 Å². The van der Waals surface area contributed by atoms with E-state index in [0.29, 0.717) is 0 Å². The average Bonchev–Trinajstić information content (AvgIpc) is 2.26. The van der Waals surface area contributed by atoms with Crippen LogP contribution in [0.3, 0.4) is 0 Å². The third kappa shape index (κ3) is 2.19. The third-order valence-electron chi connectivity index (χ3n) is 1.71. The summed E-state index contributed by atoms with van der Waals surface area (Å²) in [7, 11) is 2.38. The molecular formula is C8H7ClN2O5. The minimum Gasteiger partial charge on any atom is -0.490 e. The van der Waals surface area contributed by atoms with Crippen LogP contribution in [0.2, 0.25) is 5.15 Å². The second-order valence-electron chi connectivity index (χ2n) is 2.60. The van der Waals surface area contributed by atoms with Gasteiger partial charge in [-0.25, -0.2) is 9.78 Å². The minimum atomic E-state index is -0.755. The topological polar surface area (TPSA) is 91.6 Å². The Morgan fingerprint density at radius 2 is 2.19 bits per heavy atom. The Balaban J connectivity index is 3.37. The number of nitrogens with zero attached hydrogens (tertiary/aromatic N) is 2. The maximum atomic E-state index is 11.1. The van der Waals surface area contributed by atoms with E-state index >= 15 is 0 Å². The Morgan fingerprint density at radius 3 is 2.62 bits per heavy atom. The molecule has 0 saturated heterocycles. The molecular weight excluding hydrogens is 240 g/mol. The Bertz CT molecular complexity index is 448. The number of rotatable bonds is 3. The average molecular weight is 247 g/mol. The van der Waals surface area contributed by atoms with Gasteiger partial charge >= 0.3 is 11.7 Å². The van der Waals surface area contributed by atoms with E-state index in [0.717, 1.165) is 13.2 Å². The Kier molecular flexibility index (Phi) is 3.62. The predicted octanol–water partition coefficient (Wildman–Crippen LogP) is 1.44. The van der Waals surface area contributed by atoms with Crippen LogP contribution in [0.25, 0.3) is 0 Å². The van der Waals surface area contributed by atoms with Crippen LogP contribution in [0.4, 0.5) is 5.69 Å². The van der Waals surface area contributed by atoms with Crippen LogP contribution < -0.4 is 4.74 Å². The van der Waals surface area contributed by atoms with Gasteiger partial charge in [0, 0.05) is 6.07 Å². The van der Waals surface area contributed by atoms with Gasteiger partial charge in [0.2, 0.25) is 10.9 Å². The van der Waals surface area contributed by atoms with E-state index in [-0.39, 0.29) is 11.4 Å². The van der Waals surface area contributed by atoms with Gasteiger partial charge in [0.25, 0.3) is 0 Å². The van der Waals surface area contributed by atoms with Crippen molar-refractivity contribution in [3.63, 3.8) is 0 Å². The smallest absolute Gasteiger partial charge is 0.356 e. The first kappa shape index (κ1) is 12.2. The van der Waals surface area contributed by atoms with E-state index in [1.807, 2.05) is 0 Å². The van der Waals surface area contributed by atoms with E-state index in [1.165, 1.54) is 7.11 Å². The van der Waals surface area contributed by atoms with Crippen LogP contribution in [0.5, 0.6) is 5.75 Å². The fourth-order valence-corrected chi connectivity index (χ4v) is 1.27. The molecule has 0 aliphatic carbocycles. The number of ether oxygens (including phenoxy) is 2. The third-order valence-corrected chi connectivity index (χ3v) is 1.98. The van der Waals surface area contributed by atoms with Crippen molar-refractivity contribution in [1.82, 2.24) is 4.98 Å². The van der Waals surface area contributed by atoms with Crippen molar-refractivity contribution in [3.05, 3.63) is 27.0 Å². The molecule has 1 heterocycles. The number of halogens is 1. The molecule has 7 nitrogen and oxygen atoms in total. The van der Waals surface area contributed by atoms with Gasteiger partial charge in [-0.1, -0.05) is 11.6 Å². The second kappa shape index (κ2) is 4.75. The molecule has 0 atom stereocenters. The highest BCUT2D eigenvalue weighted by Crippen LogP contribution is 2.33. The molecule has 0 amide bonds. The summed E-state index contributed by atoms with van der Waals surface area (Å²) in [5, 5.41) is 10.2. The van der Waals surface area contributed by atoms with Crippen LogP contribution >= 0.6 is 11.6 Å². The lowest BCUT2D eigenvalue weighted by Crippen LogP contribution is -2.06. The SMILES string of the molecule is COC(=O)c1cc(OC)c([N+](=O)[O-])c(Cl)n1. The van der Waals surface area contributed by atoms with Crippen molar-refractivity contribution < 1.29 is 19.2 Å². The van der Waals surface area contributed by atoms with Crippen LogP contribution in [0, 0.1) is 10.1 Å². The molecule has 0 aliphatic rings. The standard InChI is InChI=1S/C8H7ClN2O5/c1-15-5-3-4(8(12)16-2)10-7(9)6(5)11(13)14/h3H,1-2H3. The van der Waals surface area contributed by atoms with Crippen molar-refractivity contribution in [2.45, 2.75) is 0 Å². The van der Waals surface area contributed by atoms with E-state index < -0.39 is 21.7 Å². The highest BCUT2D eigenvalue weighted by molar-refractivity contribution is 6.31. The van der Waals surface area contributed by atoms with E-state index in [1.54, 1.807) is 0 Å². The zero-order valence-corrected chi connectivity index (χ0v) is 9.15. The number of hydrogen-bond donors (Lipinski definition) is 0. The molecule has 1 aromatic rings. The first-order chi connectivity index (χ1) is 7.51. The molecule has 0 N–H and O–H groups in total. The summed E-state index contributed by atoms with van der Waals surface area (Å²) in [6.45, 7) is 0. The molecule has 0 saturated carbocycles. The largest absolute Gasteiger partial charge is 0.490 e. The summed E-state index contributed by atoms with van der Waals surface area (Å²) in [5.41, 5.74) is -0.647. The lowest BCUT2D eigenvalue weighted by Gasteiger charge is -2.04. The number of aromatic nitrogens is 1. The van der Waals surface area contributed by atoms with Crippen molar-refractivity contribution in [2.75, 3.05) is 14.2 Å². The lowest BCUT2D eigenvalue weighted by atomic mass is 10.3. The molecule has 0 spiro atoms. The quantitative estimate of drug-likeness (QED) is 0.347. The molecule has 1 aromatic heterocycles. The van der Waals surface area contributed by atoms with E-state index in [4.69, 9.17) is 16.3 Å². The first-order valence-corrected chi connectivity index (χ1v) is 4.36. The molecule has 16 heavy (non-hydrogen) atoms. The van der Waals surface area contributed by atoms with E-state index in [9.17, 15) is 14.9 Å². The Hall–Kier alpha value is -1.89. The number of carbonyl (C=O) groups excluding carboxylic acids is 1. The predicted molar refractivity (Wildman–Crippen MR) is 53.8 cm³/mol. The van der Waals surface area contributed by atoms with Crippen molar-refractivity contribution in [2.24, 2.45) is 0 Å². The monoisotopic (exact) mass is 246 g/mol. The summed E-state index contributed by atoms with van der Waals surface area (Å²) < 4.78 is 9.15. The normalized spacial score (nSPS) is 9.69. The highest BCUT2D eigenvalue weighted by Gasteiger charge is 2.24. The van der Waals surface area contributed by atoms with Crippen molar-refractivity contribution >= 4 is 23.3 Å². The van der Waals surface area contributed by atoms with Crippen LogP contribution in [0.1, 0.15) is 10.5 Å². The van der Waals surface area contributed by atoms with Gasteiger partial charge in [0.05, 0.1) is 19.1 Å². The minimum absolute atomic E-state index is 0.148. The van der Waals surface area contributed by atoms with Gasteiger partial charge in [-0.15, -0.1) is 0 Å². The summed E-state index contributed by atoms with van der Waals surface area (Å²) in [6, 6.07) is 1.09. The molecule has 0 fully saturated rings. The van der Waals surface area contributed by atoms with E-state index in [2.05, 4.69) is 9.72 Å². The van der Waals surface area contributed by atoms with Crippen LogP contribution in [-0.4, -0.2) is 30.1 Å². The Labute approximate surface area is 95.1 Å². The molecule has 0 aromatic carbocycles. The maximum absolute atomic E-state index is 11.1. The molecule has 1 rings (SSSR count). The van der Waals surface area contributed by atoms with Crippen LogP contribution in [-0.2, 0) is 4.74 Å². The van der Waals surface area contributed by atoms with Gasteiger partial charge in [-0.2, -0.15) is 0 Å². The number of carbonyl (C=O) groups is 1. The van der Waals surface area contributed by atoms with Crippen molar-refractivity contribution in [1.29, 1.82) is 0 Å². The fraction of sp³-hybridized carbons (Fsp3) is 0.250. The summed E-state index contributed by atoms with van der Waals surface area (Å²) in [5.74, 6) is -0.902. The molecule has 8 heteroatoms. The zero-order valence-electron chi connectivity index (χ0n) is 8.39. The summed E-state index contributed by atoms with van der Waals surface area (Å²) in [6.07, 6.45) is 0.